The van der Waals surface area contributed by atoms with Crippen molar-refractivity contribution in [1.29, 1.82) is 0 Å². The third-order valence-electron chi connectivity index (χ3n) is 2.03. The maximum Gasteiger partial charge on any atom is 0.199 e. The second-order valence-electron chi connectivity index (χ2n) is 2.96. The smallest absolute Gasteiger partial charge is 0.199 e. The van der Waals surface area contributed by atoms with Gasteiger partial charge in [0.1, 0.15) is 6.26 Å². The molecular formula is C10H7Cl2NO2. The first-order chi connectivity index (χ1) is 7.20. The zero-order chi connectivity index (χ0) is 10.8. The molecule has 0 aromatic heterocycles. The molecule has 78 valence electrons. The minimum absolute atomic E-state index is 0.368. The lowest BCUT2D eigenvalue weighted by Gasteiger charge is -2.18. The first-order valence-electron chi connectivity index (χ1n) is 4.24. The van der Waals surface area contributed by atoms with Gasteiger partial charge in [0.05, 0.1) is 11.3 Å². The van der Waals surface area contributed by atoms with Crippen LogP contribution < -0.4 is 5.48 Å². The van der Waals surface area contributed by atoms with E-state index in [9.17, 15) is 4.79 Å². The van der Waals surface area contributed by atoms with Gasteiger partial charge in [0.15, 0.2) is 10.6 Å². The third kappa shape index (κ3) is 1.94. The summed E-state index contributed by atoms with van der Waals surface area (Å²) in [5.74, 6) is -0.368. The Morgan fingerprint density at radius 2 is 2.07 bits per heavy atom. The number of carbonyl (C=O) groups excluding carboxylic acids is 1. The maximum absolute atomic E-state index is 11.6. The minimum Gasteiger partial charge on any atom is -0.389 e. The number of hydrogen-bond donors (Lipinski definition) is 1. The van der Waals surface area contributed by atoms with Crippen LogP contribution in [0.4, 0.5) is 5.69 Å². The Morgan fingerprint density at radius 3 is 2.80 bits per heavy atom. The van der Waals surface area contributed by atoms with Gasteiger partial charge in [-0.05, 0) is 6.07 Å². The van der Waals surface area contributed by atoms with Crippen LogP contribution in [0, 0.1) is 0 Å². The van der Waals surface area contributed by atoms with Gasteiger partial charge in [0.25, 0.3) is 0 Å². The molecule has 0 bridgehead atoms. The fourth-order valence-corrected chi connectivity index (χ4v) is 1.57. The molecule has 1 aromatic carbocycles. The molecule has 0 saturated heterocycles. The number of carbonyl (C=O) groups is 1. The van der Waals surface area contributed by atoms with Crippen LogP contribution in [0.5, 0.6) is 0 Å². The van der Waals surface area contributed by atoms with Crippen molar-refractivity contribution in [1.82, 2.24) is 0 Å². The van der Waals surface area contributed by atoms with Gasteiger partial charge < -0.3 is 4.84 Å². The summed E-state index contributed by atoms with van der Waals surface area (Å²) in [6.45, 7) is 0. The molecule has 0 amide bonds. The standard InChI is InChI=1S/C10H7Cl2NO2/c11-10(12)9(14)7-5-15-13-8-4-2-1-3-6(7)8/h1-5,10,13H. The van der Waals surface area contributed by atoms with Crippen molar-refractivity contribution in [3.05, 3.63) is 36.1 Å². The lowest BCUT2D eigenvalue weighted by atomic mass is 10.0. The monoisotopic (exact) mass is 243 g/mol. The summed E-state index contributed by atoms with van der Waals surface area (Å²) in [6.07, 6.45) is 1.31. The number of para-hydroxylation sites is 1. The van der Waals surface area contributed by atoms with E-state index in [1.165, 1.54) is 6.26 Å². The molecule has 0 radical (unpaired) electrons. The van der Waals surface area contributed by atoms with Gasteiger partial charge in [-0.25, -0.2) is 5.48 Å². The van der Waals surface area contributed by atoms with Crippen LogP contribution in [0.1, 0.15) is 5.56 Å². The molecule has 0 saturated carbocycles. The van der Waals surface area contributed by atoms with E-state index in [2.05, 4.69) is 5.48 Å². The zero-order valence-electron chi connectivity index (χ0n) is 7.54. The minimum atomic E-state index is -1.08. The van der Waals surface area contributed by atoms with Crippen LogP contribution >= 0.6 is 23.2 Å². The van der Waals surface area contributed by atoms with E-state index in [4.69, 9.17) is 28.0 Å². The van der Waals surface area contributed by atoms with E-state index < -0.39 is 4.84 Å². The van der Waals surface area contributed by atoms with Crippen LogP contribution in [-0.4, -0.2) is 10.6 Å². The van der Waals surface area contributed by atoms with Crippen molar-refractivity contribution >= 4 is 40.2 Å². The summed E-state index contributed by atoms with van der Waals surface area (Å²) in [6, 6.07) is 7.25. The van der Waals surface area contributed by atoms with Crippen LogP contribution in [0.25, 0.3) is 5.57 Å². The van der Waals surface area contributed by atoms with Crippen molar-refractivity contribution in [2.75, 3.05) is 5.48 Å². The fraction of sp³-hybridized carbons (Fsp3) is 0.100. The Bertz CT molecular complexity index is 429. The van der Waals surface area contributed by atoms with E-state index in [0.29, 0.717) is 5.57 Å². The van der Waals surface area contributed by atoms with E-state index in [0.717, 1.165) is 11.3 Å². The van der Waals surface area contributed by atoms with E-state index in [1.807, 2.05) is 12.1 Å². The molecule has 1 N–H and O–H groups in total. The van der Waals surface area contributed by atoms with Crippen LogP contribution in [0.3, 0.4) is 0 Å². The predicted octanol–water partition coefficient (Wildman–Crippen LogP) is 2.76. The van der Waals surface area contributed by atoms with Crippen molar-refractivity contribution in [2.24, 2.45) is 0 Å². The number of allylic oxidation sites excluding steroid dienone is 1. The Labute approximate surface area is 96.6 Å². The van der Waals surface area contributed by atoms with Crippen LogP contribution in [0.2, 0.25) is 0 Å². The molecule has 15 heavy (non-hydrogen) atoms. The lowest BCUT2D eigenvalue weighted by Crippen LogP contribution is -2.15. The summed E-state index contributed by atoms with van der Waals surface area (Å²) in [7, 11) is 0. The Kier molecular flexibility index (Phi) is 2.84. The largest absolute Gasteiger partial charge is 0.389 e. The molecule has 3 nitrogen and oxygen atoms in total. The number of halogens is 2. The summed E-state index contributed by atoms with van der Waals surface area (Å²) < 4.78 is 0. The van der Waals surface area contributed by atoms with Crippen molar-refractivity contribution in [3.8, 4) is 0 Å². The molecule has 0 fully saturated rings. The van der Waals surface area contributed by atoms with Crippen LogP contribution in [0.15, 0.2) is 30.5 Å². The van der Waals surface area contributed by atoms with Gasteiger partial charge in [-0.3, -0.25) is 4.79 Å². The number of ketones is 1. The Morgan fingerprint density at radius 1 is 1.33 bits per heavy atom. The number of fused-ring (bicyclic) bond motifs is 1. The summed E-state index contributed by atoms with van der Waals surface area (Å²) >= 11 is 11.1. The summed E-state index contributed by atoms with van der Waals surface area (Å²) in [4.78, 5) is 15.5. The molecule has 0 aliphatic carbocycles. The van der Waals surface area contributed by atoms with Gasteiger partial charge in [0, 0.05) is 5.56 Å². The average molecular weight is 244 g/mol. The molecule has 1 heterocycles. The summed E-state index contributed by atoms with van der Waals surface area (Å²) in [5.41, 5.74) is 4.50. The number of Topliss-reactive ketones (excluding diaryl/α,β-unsaturated/α-hetero) is 1. The second-order valence-corrected chi connectivity index (χ2v) is 4.06. The number of hydrogen-bond acceptors (Lipinski definition) is 3. The Hall–Kier alpha value is -1.19. The number of alkyl halides is 2. The summed E-state index contributed by atoms with van der Waals surface area (Å²) in [5, 5.41) is 0. The van der Waals surface area contributed by atoms with Gasteiger partial charge in [0.2, 0.25) is 0 Å². The SMILES string of the molecule is O=C(C1=CONc2ccccc21)C(Cl)Cl. The molecule has 1 aliphatic heterocycles. The molecule has 1 aliphatic rings. The molecule has 5 heteroatoms. The van der Waals surface area contributed by atoms with E-state index >= 15 is 0 Å². The highest BCUT2D eigenvalue weighted by molar-refractivity contribution is 6.58. The Balaban J connectivity index is 2.43. The molecule has 0 unspecified atom stereocenters. The van der Waals surface area contributed by atoms with Crippen LogP contribution in [-0.2, 0) is 9.63 Å². The first kappa shape index (κ1) is 10.3. The molecule has 0 spiro atoms. The lowest BCUT2D eigenvalue weighted by molar-refractivity contribution is -0.112. The van der Waals surface area contributed by atoms with Gasteiger partial charge >= 0.3 is 0 Å². The average Bonchev–Trinajstić information content (AvgIpc) is 2.27. The molecule has 1 aromatic rings. The maximum atomic E-state index is 11.6. The molecule has 2 rings (SSSR count). The van der Waals surface area contributed by atoms with E-state index in [1.54, 1.807) is 12.1 Å². The normalized spacial score (nSPS) is 13.7. The quantitative estimate of drug-likeness (QED) is 0.813. The predicted molar refractivity (Wildman–Crippen MR) is 59.6 cm³/mol. The number of anilines is 1. The highest BCUT2D eigenvalue weighted by atomic mass is 35.5. The van der Waals surface area contributed by atoms with Gasteiger partial charge in [-0.15, -0.1) is 0 Å². The number of nitrogens with one attached hydrogen (secondary N) is 1. The van der Waals surface area contributed by atoms with Gasteiger partial charge in [-0.2, -0.15) is 0 Å². The molecule has 0 atom stereocenters. The second kappa shape index (κ2) is 4.13. The highest BCUT2D eigenvalue weighted by Gasteiger charge is 2.23. The van der Waals surface area contributed by atoms with Gasteiger partial charge in [-0.1, -0.05) is 41.4 Å². The topological polar surface area (TPSA) is 38.3 Å². The number of benzene rings is 1. The van der Waals surface area contributed by atoms with Crippen molar-refractivity contribution < 1.29 is 9.63 Å². The van der Waals surface area contributed by atoms with Crippen molar-refractivity contribution in [2.45, 2.75) is 4.84 Å². The van der Waals surface area contributed by atoms with Crippen molar-refractivity contribution in [3.63, 3.8) is 0 Å². The zero-order valence-corrected chi connectivity index (χ0v) is 9.05. The number of rotatable bonds is 2. The first-order valence-corrected chi connectivity index (χ1v) is 5.11. The fourth-order valence-electron chi connectivity index (χ4n) is 1.33. The third-order valence-corrected chi connectivity index (χ3v) is 2.42. The molecular weight excluding hydrogens is 237 g/mol. The highest BCUT2D eigenvalue weighted by Crippen LogP contribution is 2.30. The van der Waals surface area contributed by atoms with E-state index in [-0.39, 0.29) is 5.78 Å².